The zero-order chi connectivity index (χ0) is 14.6. The smallest absolute Gasteiger partial charge is 0.131 e. The number of hydrogen-bond acceptors (Lipinski definition) is 3. The van der Waals surface area contributed by atoms with E-state index in [9.17, 15) is 5.11 Å². The van der Waals surface area contributed by atoms with E-state index in [4.69, 9.17) is 0 Å². The summed E-state index contributed by atoms with van der Waals surface area (Å²) in [5.74, 6) is 4.17. The van der Waals surface area contributed by atoms with Crippen LogP contribution in [-0.4, -0.2) is 35.2 Å². The van der Waals surface area contributed by atoms with Crippen molar-refractivity contribution in [3.63, 3.8) is 0 Å². The zero-order valence-electron chi connectivity index (χ0n) is 12.5. The summed E-state index contributed by atoms with van der Waals surface area (Å²) < 4.78 is 0. The Morgan fingerprint density at radius 1 is 1.35 bits per heavy atom. The standard InChI is InChI=1S/C17H23NOS/c1-14-12-18(3)15(2)11-17(14,19)9-10-20-13-16-7-5-4-6-8-16/h4-8,14-15,19H,11-13H2,1-3H3. The minimum atomic E-state index is -0.838. The molecular weight excluding hydrogens is 266 g/mol. The molecule has 3 unspecified atom stereocenters. The number of benzene rings is 1. The van der Waals surface area contributed by atoms with Gasteiger partial charge in [0.05, 0.1) is 0 Å². The summed E-state index contributed by atoms with van der Waals surface area (Å²) in [6, 6.07) is 10.7. The maximum absolute atomic E-state index is 10.7. The molecule has 1 aliphatic heterocycles. The van der Waals surface area contributed by atoms with E-state index in [0.29, 0.717) is 6.04 Å². The third-order valence-corrected chi connectivity index (χ3v) is 4.88. The van der Waals surface area contributed by atoms with Crippen molar-refractivity contribution in [3.05, 3.63) is 35.9 Å². The maximum Gasteiger partial charge on any atom is 0.131 e. The van der Waals surface area contributed by atoms with Crippen LogP contribution in [0.25, 0.3) is 0 Å². The topological polar surface area (TPSA) is 23.5 Å². The second kappa shape index (κ2) is 6.67. The molecule has 1 N–H and O–H groups in total. The molecule has 3 atom stereocenters. The highest BCUT2D eigenvalue weighted by Crippen LogP contribution is 2.30. The van der Waals surface area contributed by atoms with Crippen LogP contribution in [0.2, 0.25) is 0 Å². The van der Waals surface area contributed by atoms with Gasteiger partial charge in [0.15, 0.2) is 0 Å². The highest BCUT2D eigenvalue weighted by molar-refractivity contribution is 8.03. The first-order chi connectivity index (χ1) is 9.51. The van der Waals surface area contributed by atoms with Crippen molar-refractivity contribution < 1.29 is 5.11 Å². The first-order valence-electron chi connectivity index (χ1n) is 7.12. The summed E-state index contributed by atoms with van der Waals surface area (Å²) in [5.41, 5.74) is 0.430. The van der Waals surface area contributed by atoms with Crippen LogP contribution in [0.15, 0.2) is 30.3 Å². The Hall–Kier alpha value is -0.950. The van der Waals surface area contributed by atoms with Crippen molar-refractivity contribution in [2.45, 2.75) is 37.7 Å². The van der Waals surface area contributed by atoms with Gasteiger partial charge in [0.25, 0.3) is 0 Å². The number of likely N-dealkylation sites (tertiary alicyclic amines) is 1. The van der Waals surface area contributed by atoms with Crippen molar-refractivity contribution >= 4 is 11.8 Å². The van der Waals surface area contributed by atoms with Gasteiger partial charge in [-0.2, -0.15) is 0 Å². The molecule has 2 rings (SSSR count). The fourth-order valence-electron chi connectivity index (χ4n) is 2.56. The van der Waals surface area contributed by atoms with Crippen LogP contribution in [0.3, 0.4) is 0 Å². The Morgan fingerprint density at radius 2 is 2.05 bits per heavy atom. The third kappa shape index (κ3) is 3.79. The number of nitrogens with zero attached hydrogens (tertiary/aromatic N) is 1. The molecule has 20 heavy (non-hydrogen) atoms. The summed E-state index contributed by atoms with van der Waals surface area (Å²) in [7, 11) is 2.11. The molecule has 0 amide bonds. The minimum absolute atomic E-state index is 0.188. The molecule has 1 aliphatic rings. The molecule has 0 saturated carbocycles. The molecule has 0 bridgehead atoms. The first kappa shape index (κ1) is 15.4. The molecule has 1 saturated heterocycles. The largest absolute Gasteiger partial charge is 0.377 e. The number of thioether (sulfide) groups is 1. The molecular formula is C17H23NOS. The molecule has 3 heteroatoms. The second-order valence-electron chi connectivity index (χ2n) is 5.82. The Morgan fingerprint density at radius 3 is 2.75 bits per heavy atom. The van der Waals surface area contributed by atoms with Crippen LogP contribution < -0.4 is 0 Å². The molecule has 2 nitrogen and oxygen atoms in total. The van der Waals surface area contributed by atoms with Crippen LogP contribution >= 0.6 is 11.8 Å². The molecule has 108 valence electrons. The van der Waals surface area contributed by atoms with Crippen LogP contribution in [0.1, 0.15) is 25.8 Å². The van der Waals surface area contributed by atoms with Crippen molar-refractivity contribution in [2.75, 3.05) is 13.6 Å². The summed E-state index contributed by atoms with van der Waals surface area (Å²) in [4.78, 5) is 2.29. The molecule has 0 aliphatic carbocycles. The lowest BCUT2D eigenvalue weighted by molar-refractivity contribution is -0.0346. The zero-order valence-corrected chi connectivity index (χ0v) is 13.3. The van der Waals surface area contributed by atoms with Gasteiger partial charge in [-0.05, 0) is 24.8 Å². The highest BCUT2D eigenvalue weighted by Gasteiger charge is 2.39. The van der Waals surface area contributed by atoms with Crippen molar-refractivity contribution in [1.29, 1.82) is 0 Å². The van der Waals surface area contributed by atoms with Crippen LogP contribution in [0, 0.1) is 17.1 Å². The van der Waals surface area contributed by atoms with Crippen LogP contribution in [0.5, 0.6) is 0 Å². The van der Waals surface area contributed by atoms with Gasteiger partial charge in [0.2, 0.25) is 0 Å². The first-order valence-corrected chi connectivity index (χ1v) is 8.10. The van der Waals surface area contributed by atoms with Crippen LogP contribution in [-0.2, 0) is 5.75 Å². The number of rotatable bonds is 2. The molecule has 0 aromatic heterocycles. The van der Waals surface area contributed by atoms with Crippen LogP contribution in [0.4, 0.5) is 0 Å². The van der Waals surface area contributed by atoms with Gasteiger partial charge in [-0.25, -0.2) is 0 Å². The van der Waals surface area contributed by atoms with E-state index in [1.807, 2.05) is 18.2 Å². The molecule has 1 heterocycles. The van der Waals surface area contributed by atoms with Gasteiger partial charge >= 0.3 is 0 Å². The van der Waals surface area contributed by atoms with Gasteiger partial charge < -0.3 is 10.0 Å². The van der Waals surface area contributed by atoms with Crippen molar-refractivity contribution in [1.82, 2.24) is 4.90 Å². The molecule has 0 spiro atoms. The van der Waals surface area contributed by atoms with Crippen molar-refractivity contribution in [3.8, 4) is 11.2 Å². The lowest BCUT2D eigenvalue weighted by atomic mass is 9.80. The molecule has 1 fully saturated rings. The monoisotopic (exact) mass is 289 g/mol. The van der Waals surface area contributed by atoms with E-state index in [1.165, 1.54) is 5.56 Å². The van der Waals surface area contributed by atoms with E-state index in [1.54, 1.807) is 11.8 Å². The Bertz CT molecular complexity index is 493. The van der Waals surface area contributed by atoms with Gasteiger partial charge in [0.1, 0.15) is 5.60 Å². The maximum atomic E-state index is 10.7. The van der Waals surface area contributed by atoms with E-state index < -0.39 is 5.60 Å². The summed E-state index contributed by atoms with van der Waals surface area (Å²) in [5, 5.41) is 13.8. The van der Waals surface area contributed by atoms with E-state index in [0.717, 1.165) is 18.7 Å². The Balaban J connectivity index is 1.93. The fourth-order valence-corrected chi connectivity index (χ4v) is 3.24. The van der Waals surface area contributed by atoms with E-state index in [-0.39, 0.29) is 5.92 Å². The van der Waals surface area contributed by atoms with E-state index >= 15 is 0 Å². The third-order valence-electron chi connectivity index (χ3n) is 4.16. The van der Waals surface area contributed by atoms with Gasteiger partial charge in [0, 0.05) is 30.7 Å². The summed E-state index contributed by atoms with van der Waals surface area (Å²) in [6.45, 7) is 5.13. The minimum Gasteiger partial charge on any atom is -0.377 e. The molecule has 1 aromatic carbocycles. The average molecular weight is 289 g/mol. The lowest BCUT2D eigenvalue weighted by Gasteiger charge is -2.42. The number of aliphatic hydroxyl groups is 1. The normalized spacial score (nSPS) is 30.6. The Labute approximate surface area is 126 Å². The average Bonchev–Trinajstić information content (AvgIpc) is 2.43. The van der Waals surface area contributed by atoms with Gasteiger partial charge in [-0.3, -0.25) is 0 Å². The second-order valence-corrected chi connectivity index (χ2v) is 6.60. The van der Waals surface area contributed by atoms with Crippen molar-refractivity contribution in [2.24, 2.45) is 5.92 Å². The fraction of sp³-hybridized carbons (Fsp3) is 0.529. The predicted octanol–water partition coefficient (Wildman–Crippen LogP) is 2.97. The number of piperidine rings is 1. The van der Waals surface area contributed by atoms with Gasteiger partial charge in [-0.15, -0.1) is 0 Å². The SMILES string of the molecule is CC1CC(O)(C#CSCc2ccccc2)C(C)CN1C. The van der Waals surface area contributed by atoms with E-state index in [2.05, 4.69) is 49.1 Å². The molecule has 0 radical (unpaired) electrons. The quantitative estimate of drug-likeness (QED) is 0.847. The molecule has 1 aromatic rings. The van der Waals surface area contributed by atoms with Gasteiger partial charge in [-0.1, -0.05) is 54.9 Å². The summed E-state index contributed by atoms with van der Waals surface area (Å²) in [6.07, 6.45) is 0.726. The Kier molecular flexibility index (Phi) is 5.15. The summed E-state index contributed by atoms with van der Waals surface area (Å²) >= 11 is 1.57. The highest BCUT2D eigenvalue weighted by atomic mass is 32.2. The number of hydrogen-bond donors (Lipinski definition) is 1. The predicted molar refractivity (Wildman–Crippen MR) is 86.3 cm³/mol. The lowest BCUT2D eigenvalue weighted by Crippen LogP contribution is -2.52.